The zero-order chi connectivity index (χ0) is 15.1. The van der Waals surface area contributed by atoms with Crippen LogP contribution in [-0.2, 0) is 6.54 Å². The maximum atomic E-state index is 5.72. The van der Waals surface area contributed by atoms with E-state index in [-0.39, 0.29) is 0 Å². The summed E-state index contributed by atoms with van der Waals surface area (Å²) >= 11 is 0. The van der Waals surface area contributed by atoms with Crippen LogP contribution in [0.15, 0.2) is 16.5 Å². The molecule has 3 heteroatoms. The van der Waals surface area contributed by atoms with Crippen LogP contribution in [0.3, 0.4) is 0 Å². The van der Waals surface area contributed by atoms with Gasteiger partial charge in [-0.1, -0.05) is 32.6 Å². The van der Waals surface area contributed by atoms with Gasteiger partial charge in [-0.15, -0.1) is 0 Å². The first-order valence-corrected chi connectivity index (χ1v) is 8.58. The molecular formula is C18H32N2O. The highest BCUT2D eigenvalue weighted by Gasteiger charge is 2.31. The Morgan fingerprint density at radius 1 is 1.19 bits per heavy atom. The van der Waals surface area contributed by atoms with E-state index in [4.69, 9.17) is 4.42 Å². The number of hydrogen-bond acceptors (Lipinski definition) is 3. The lowest BCUT2D eigenvalue weighted by atomic mass is 9.79. The van der Waals surface area contributed by atoms with Crippen LogP contribution in [0.1, 0.15) is 57.0 Å². The summed E-state index contributed by atoms with van der Waals surface area (Å²) in [7, 11) is 2.23. The minimum atomic E-state index is 0.447. The van der Waals surface area contributed by atoms with Gasteiger partial charge in [-0.05, 0) is 50.9 Å². The molecule has 0 spiro atoms. The van der Waals surface area contributed by atoms with Crippen molar-refractivity contribution < 1.29 is 4.42 Å². The standard InChI is InChI=1S/C18H32N2O/c1-4-19-14-18(11-7-5-6-8-12-18)15-20(3)13-17-10-9-16(2)21-17/h9-10,19H,4-8,11-15H2,1-3H3. The third kappa shape index (κ3) is 5.15. The zero-order valence-corrected chi connectivity index (χ0v) is 14.1. The monoisotopic (exact) mass is 292 g/mol. The fourth-order valence-electron chi connectivity index (χ4n) is 3.72. The van der Waals surface area contributed by atoms with E-state index >= 15 is 0 Å². The number of nitrogens with zero attached hydrogens (tertiary/aromatic N) is 1. The average molecular weight is 292 g/mol. The molecule has 1 fully saturated rings. The van der Waals surface area contributed by atoms with E-state index < -0.39 is 0 Å². The lowest BCUT2D eigenvalue weighted by Crippen LogP contribution is -2.42. The van der Waals surface area contributed by atoms with Gasteiger partial charge >= 0.3 is 0 Å². The van der Waals surface area contributed by atoms with Crippen molar-refractivity contribution in [2.24, 2.45) is 5.41 Å². The molecule has 1 aliphatic carbocycles. The van der Waals surface area contributed by atoms with E-state index in [1.165, 1.54) is 45.1 Å². The third-order valence-corrected chi connectivity index (χ3v) is 4.74. The topological polar surface area (TPSA) is 28.4 Å². The van der Waals surface area contributed by atoms with Gasteiger partial charge in [-0.2, -0.15) is 0 Å². The maximum Gasteiger partial charge on any atom is 0.118 e. The molecule has 2 rings (SSSR count). The molecule has 1 aromatic rings. The first-order chi connectivity index (χ1) is 10.1. The maximum absolute atomic E-state index is 5.72. The molecule has 0 atom stereocenters. The predicted octanol–water partition coefficient (Wildman–Crippen LogP) is 3.97. The Morgan fingerprint density at radius 3 is 2.48 bits per heavy atom. The summed E-state index contributed by atoms with van der Waals surface area (Å²) in [5, 5.41) is 3.61. The Hall–Kier alpha value is -0.800. The molecule has 0 amide bonds. The van der Waals surface area contributed by atoms with Crippen molar-refractivity contribution in [1.82, 2.24) is 10.2 Å². The van der Waals surface area contributed by atoms with E-state index in [0.717, 1.165) is 31.2 Å². The van der Waals surface area contributed by atoms with Gasteiger partial charge in [0.2, 0.25) is 0 Å². The highest BCUT2D eigenvalue weighted by atomic mass is 16.3. The fourth-order valence-corrected chi connectivity index (χ4v) is 3.72. The summed E-state index contributed by atoms with van der Waals surface area (Å²) in [6.07, 6.45) is 8.32. The molecule has 0 radical (unpaired) electrons. The summed E-state index contributed by atoms with van der Waals surface area (Å²) in [4.78, 5) is 2.45. The van der Waals surface area contributed by atoms with Crippen LogP contribution in [0, 0.1) is 12.3 Å². The molecule has 120 valence electrons. The molecule has 0 bridgehead atoms. The summed E-state index contributed by atoms with van der Waals surface area (Å²) in [5.41, 5.74) is 0.447. The Morgan fingerprint density at radius 2 is 1.90 bits per heavy atom. The fraction of sp³-hybridized carbons (Fsp3) is 0.778. The molecule has 0 aromatic carbocycles. The van der Waals surface area contributed by atoms with Crippen LogP contribution in [0.25, 0.3) is 0 Å². The first kappa shape index (κ1) is 16.6. The minimum absolute atomic E-state index is 0.447. The number of aryl methyl sites for hydroxylation is 1. The first-order valence-electron chi connectivity index (χ1n) is 8.58. The van der Waals surface area contributed by atoms with E-state index in [1.807, 2.05) is 6.92 Å². The highest BCUT2D eigenvalue weighted by Crippen LogP contribution is 2.35. The SMILES string of the molecule is CCNCC1(CN(C)Cc2ccc(C)o2)CCCCCC1. The molecule has 0 unspecified atom stereocenters. The van der Waals surface area contributed by atoms with Crippen molar-refractivity contribution in [1.29, 1.82) is 0 Å². The van der Waals surface area contributed by atoms with Crippen LogP contribution in [-0.4, -0.2) is 31.6 Å². The lowest BCUT2D eigenvalue weighted by Gasteiger charge is -2.36. The molecule has 1 N–H and O–H groups in total. The van der Waals surface area contributed by atoms with Crippen LogP contribution >= 0.6 is 0 Å². The lowest BCUT2D eigenvalue weighted by molar-refractivity contribution is 0.136. The molecule has 1 aliphatic rings. The van der Waals surface area contributed by atoms with Crippen molar-refractivity contribution in [3.8, 4) is 0 Å². The second-order valence-electron chi connectivity index (χ2n) is 6.88. The molecule has 21 heavy (non-hydrogen) atoms. The van der Waals surface area contributed by atoms with E-state index in [2.05, 4.69) is 36.3 Å². The average Bonchev–Trinajstić information content (AvgIpc) is 2.72. The second kappa shape index (κ2) is 8.00. The summed E-state index contributed by atoms with van der Waals surface area (Å²) in [6, 6.07) is 4.17. The Balaban J connectivity index is 1.95. The van der Waals surface area contributed by atoms with Gasteiger partial charge in [-0.25, -0.2) is 0 Å². The Labute approximate surface area is 130 Å². The summed E-state index contributed by atoms with van der Waals surface area (Å²) in [5.74, 6) is 2.09. The van der Waals surface area contributed by atoms with Gasteiger partial charge in [0.05, 0.1) is 6.54 Å². The molecule has 0 saturated heterocycles. The molecular weight excluding hydrogens is 260 g/mol. The van der Waals surface area contributed by atoms with Crippen LogP contribution in [0.2, 0.25) is 0 Å². The highest BCUT2D eigenvalue weighted by molar-refractivity contribution is 5.05. The van der Waals surface area contributed by atoms with Gasteiger partial charge in [-0.3, -0.25) is 4.90 Å². The quantitative estimate of drug-likeness (QED) is 0.771. The number of hydrogen-bond donors (Lipinski definition) is 1. The molecule has 3 nitrogen and oxygen atoms in total. The summed E-state index contributed by atoms with van der Waals surface area (Å²) < 4.78 is 5.72. The van der Waals surface area contributed by atoms with Gasteiger partial charge < -0.3 is 9.73 Å². The normalized spacial score (nSPS) is 18.9. The Bertz CT molecular complexity index is 405. The van der Waals surface area contributed by atoms with Crippen LogP contribution in [0.5, 0.6) is 0 Å². The third-order valence-electron chi connectivity index (χ3n) is 4.74. The number of furan rings is 1. The van der Waals surface area contributed by atoms with Gasteiger partial charge in [0, 0.05) is 13.1 Å². The Kier molecular flexibility index (Phi) is 6.31. The molecule has 0 aliphatic heterocycles. The van der Waals surface area contributed by atoms with Gasteiger partial charge in [0.15, 0.2) is 0 Å². The van der Waals surface area contributed by atoms with E-state index in [1.54, 1.807) is 0 Å². The van der Waals surface area contributed by atoms with E-state index in [9.17, 15) is 0 Å². The van der Waals surface area contributed by atoms with Crippen LogP contribution in [0.4, 0.5) is 0 Å². The van der Waals surface area contributed by atoms with Crippen molar-refractivity contribution in [3.05, 3.63) is 23.7 Å². The second-order valence-corrected chi connectivity index (χ2v) is 6.88. The molecule has 1 aromatic heterocycles. The van der Waals surface area contributed by atoms with E-state index in [0.29, 0.717) is 5.41 Å². The van der Waals surface area contributed by atoms with Crippen LogP contribution < -0.4 is 5.32 Å². The molecule has 1 saturated carbocycles. The largest absolute Gasteiger partial charge is 0.465 e. The molecule has 1 heterocycles. The van der Waals surface area contributed by atoms with Crippen molar-refractivity contribution >= 4 is 0 Å². The van der Waals surface area contributed by atoms with Gasteiger partial charge in [0.1, 0.15) is 11.5 Å². The zero-order valence-electron chi connectivity index (χ0n) is 14.1. The van der Waals surface area contributed by atoms with Gasteiger partial charge in [0.25, 0.3) is 0 Å². The van der Waals surface area contributed by atoms with Crippen molar-refractivity contribution in [2.75, 3.05) is 26.7 Å². The number of nitrogens with one attached hydrogen (secondary N) is 1. The predicted molar refractivity (Wildman–Crippen MR) is 88.5 cm³/mol. The summed E-state index contributed by atoms with van der Waals surface area (Å²) in [6.45, 7) is 8.54. The number of rotatable bonds is 7. The van der Waals surface area contributed by atoms with Crippen molar-refractivity contribution in [2.45, 2.75) is 58.9 Å². The minimum Gasteiger partial charge on any atom is -0.465 e. The smallest absolute Gasteiger partial charge is 0.118 e. The van der Waals surface area contributed by atoms with Crippen molar-refractivity contribution in [3.63, 3.8) is 0 Å².